The van der Waals surface area contributed by atoms with Gasteiger partial charge in [-0.1, -0.05) is 19.1 Å². The summed E-state index contributed by atoms with van der Waals surface area (Å²) in [5.41, 5.74) is 4.10. The SMILES string of the molecule is CCCC(=O)NCC(c1ccc2c(c1)CCCN2C)N1CCOCC1. The number of benzene rings is 1. The van der Waals surface area contributed by atoms with Crippen molar-refractivity contribution in [2.45, 2.75) is 38.6 Å². The molecule has 0 aromatic heterocycles. The normalized spacial score (nSPS) is 19.4. The number of anilines is 1. The summed E-state index contributed by atoms with van der Waals surface area (Å²) in [5, 5.41) is 3.14. The molecule has 138 valence electrons. The van der Waals surface area contributed by atoms with E-state index in [9.17, 15) is 4.79 Å². The number of carbonyl (C=O) groups excluding carboxylic acids is 1. The molecule has 2 aliphatic rings. The molecule has 1 aromatic carbocycles. The van der Waals surface area contributed by atoms with Gasteiger partial charge in [0.05, 0.1) is 19.3 Å². The molecular formula is C20H31N3O2. The number of hydrogen-bond acceptors (Lipinski definition) is 4. The Morgan fingerprint density at radius 1 is 1.28 bits per heavy atom. The molecule has 1 fully saturated rings. The van der Waals surface area contributed by atoms with E-state index in [0.29, 0.717) is 13.0 Å². The second-order valence-electron chi connectivity index (χ2n) is 7.13. The Balaban J connectivity index is 1.79. The van der Waals surface area contributed by atoms with Crippen LogP contribution in [0.25, 0.3) is 0 Å². The molecule has 0 saturated carbocycles. The van der Waals surface area contributed by atoms with Crippen LogP contribution in [0.15, 0.2) is 18.2 Å². The van der Waals surface area contributed by atoms with Crippen molar-refractivity contribution < 1.29 is 9.53 Å². The van der Waals surface area contributed by atoms with E-state index in [0.717, 1.165) is 45.7 Å². The first-order chi connectivity index (χ1) is 12.2. The number of nitrogens with one attached hydrogen (secondary N) is 1. The highest BCUT2D eigenvalue weighted by molar-refractivity contribution is 5.75. The van der Waals surface area contributed by atoms with Gasteiger partial charge in [0.15, 0.2) is 0 Å². The van der Waals surface area contributed by atoms with Crippen LogP contribution >= 0.6 is 0 Å². The summed E-state index contributed by atoms with van der Waals surface area (Å²) in [5.74, 6) is 0.151. The quantitative estimate of drug-likeness (QED) is 0.860. The molecule has 1 saturated heterocycles. The summed E-state index contributed by atoms with van der Waals surface area (Å²) in [6.07, 6.45) is 3.85. The maximum atomic E-state index is 12.0. The number of aryl methyl sites for hydroxylation is 1. The molecule has 1 atom stereocenters. The van der Waals surface area contributed by atoms with Gasteiger partial charge in [0.25, 0.3) is 0 Å². The smallest absolute Gasteiger partial charge is 0.220 e. The number of nitrogens with zero attached hydrogens (tertiary/aromatic N) is 2. The Kier molecular flexibility index (Phi) is 6.32. The topological polar surface area (TPSA) is 44.8 Å². The molecule has 0 aliphatic carbocycles. The van der Waals surface area contributed by atoms with E-state index >= 15 is 0 Å². The summed E-state index contributed by atoms with van der Waals surface area (Å²) in [6, 6.07) is 7.08. The van der Waals surface area contributed by atoms with Crippen LogP contribution in [0.2, 0.25) is 0 Å². The highest BCUT2D eigenvalue weighted by Crippen LogP contribution is 2.30. The number of morpholine rings is 1. The molecule has 5 nitrogen and oxygen atoms in total. The van der Waals surface area contributed by atoms with Crippen molar-refractivity contribution in [3.63, 3.8) is 0 Å². The third kappa shape index (κ3) is 4.53. The van der Waals surface area contributed by atoms with Gasteiger partial charge >= 0.3 is 0 Å². The lowest BCUT2D eigenvalue weighted by Crippen LogP contribution is -2.43. The standard InChI is InChI=1S/C20H31N3O2/c1-3-5-20(24)21-15-19(23-10-12-25-13-11-23)17-7-8-18-16(14-17)6-4-9-22(18)2/h7-8,14,19H,3-6,9-13,15H2,1-2H3,(H,21,24). The van der Waals surface area contributed by atoms with Crippen LogP contribution in [0, 0.1) is 0 Å². The molecule has 25 heavy (non-hydrogen) atoms. The molecule has 0 spiro atoms. The van der Waals surface area contributed by atoms with Crippen LogP contribution in [0.4, 0.5) is 5.69 Å². The van der Waals surface area contributed by atoms with E-state index in [1.807, 2.05) is 6.92 Å². The molecule has 2 aliphatic heterocycles. The Hall–Kier alpha value is -1.59. The van der Waals surface area contributed by atoms with Gasteiger partial charge in [0, 0.05) is 45.3 Å². The van der Waals surface area contributed by atoms with Gasteiger partial charge in [-0.25, -0.2) is 0 Å². The minimum Gasteiger partial charge on any atom is -0.379 e. The minimum absolute atomic E-state index is 0.151. The number of rotatable bonds is 6. The highest BCUT2D eigenvalue weighted by atomic mass is 16.5. The van der Waals surface area contributed by atoms with Crippen molar-refractivity contribution in [1.82, 2.24) is 10.2 Å². The maximum absolute atomic E-state index is 12.0. The minimum atomic E-state index is 0.151. The second kappa shape index (κ2) is 8.68. The van der Waals surface area contributed by atoms with Crippen molar-refractivity contribution in [1.29, 1.82) is 0 Å². The number of carbonyl (C=O) groups is 1. The molecule has 3 rings (SSSR count). The summed E-state index contributed by atoms with van der Waals surface area (Å²) in [7, 11) is 2.17. The predicted octanol–water partition coefficient (Wildman–Crippen LogP) is 2.36. The maximum Gasteiger partial charge on any atom is 0.220 e. The zero-order valence-corrected chi connectivity index (χ0v) is 15.6. The van der Waals surface area contributed by atoms with Gasteiger partial charge < -0.3 is 15.0 Å². The van der Waals surface area contributed by atoms with Gasteiger partial charge in [0.2, 0.25) is 5.91 Å². The molecule has 1 amide bonds. The molecule has 1 aromatic rings. The van der Waals surface area contributed by atoms with Crippen LogP contribution in [-0.4, -0.2) is 57.2 Å². The van der Waals surface area contributed by atoms with Crippen molar-refractivity contribution in [2.24, 2.45) is 0 Å². The van der Waals surface area contributed by atoms with Gasteiger partial charge in [-0.15, -0.1) is 0 Å². The molecule has 1 unspecified atom stereocenters. The van der Waals surface area contributed by atoms with E-state index in [1.54, 1.807) is 0 Å². The summed E-state index contributed by atoms with van der Waals surface area (Å²) in [6.45, 7) is 7.23. The monoisotopic (exact) mass is 345 g/mol. The predicted molar refractivity (Wildman–Crippen MR) is 101 cm³/mol. The van der Waals surface area contributed by atoms with E-state index < -0.39 is 0 Å². The lowest BCUT2D eigenvalue weighted by Gasteiger charge is -2.36. The van der Waals surface area contributed by atoms with E-state index in [4.69, 9.17) is 4.74 Å². The van der Waals surface area contributed by atoms with Gasteiger partial charge in [-0.2, -0.15) is 0 Å². The third-order valence-electron chi connectivity index (χ3n) is 5.30. The van der Waals surface area contributed by atoms with Gasteiger partial charge in [-0.05, 0) is 36.5 Å². The largest absolute Gasteiger partial charge is 0.379 e. The average Bonchev–Trinajstić information content (AvgIpc) is 2.63. The third-order valence-corrected chi connectivity index (χ3v) is 5.30. The Morgan fingerprint density at radius 3 is 2.84 bits per heavy atom. The first-order valence-electron chi connectivity index (χ1n) is 9.61. The first kappa shape index (κ1) is 18.2. The molecule has 0 radical (unpaired) electrons. The first-order valence-corrected chi connectivity index (χ1v) is 9.61. The van der Waals surface area contributed by atoms with E-state index in [1.165, 1.54) is 23.2 Å². The van der Waals surface area contributed by atoms with E-state index in [-0.39, 0.29) is 11.9 Å². The van der Waals surface area contributed by atoms with Crippen LogP contribution in [0.3, 0.4) is 0 Å². The molecule has 0 bridgehead atoms. The number of fused-ring (bicyclic) bond motifs is 1. The fraction of sp³-hybridized carbons (Fsp3) is 0.650. The van der Waals surface area contributed by atoms with Crippen LogP contribution in [0.5, 0.6) is 0 Å². The number of ether oxygens (including phenoxy) is 1. The molecule has 1 N–H and O–H groups in total. The van der Waals surface area contributed by atoms with Crippen molar-refractivity contribution in [3.05, 3.63) is 29.3 Å². The highest BCUT2D eigenvalue weighted by Gasteiger charge is 2.24. The Morgan fingerprint density at radius 2 is 2.08 bits per heavy atom. The zero-order valence-electron chi connectivity index (χ0n) is 15.6. The zero-order chi connectivity index (χ0) is 17.6. The fourth-order valence-corrected chi connectivity index (χ4v) is 3.89. The van der Waals surface area contributed by atoms with Crippen molar-refractivity contribution in [3.8, 4) is 0 Å². The van der Waals surface area contributed by atoms with Crippen molar-refractivity contribution in [2.75, 3.05) is 51.3 Å². The summed E-state index contributed by atoms with van der Waals surface area (Å²) in [4.78, 5) is 16.8. The fourth-order valence-electron chi connectivity index (χ4n) is 3.89. The summed E-state index contributed by atoms with van der Waals surface area (Å²) >= 11 is 0. The van der Waals surface area contributed by atoms with Crippen LogP contribution < -0.4 is 10.2 Å². The Bertz CT molecular complexity index is 584. The second-order valence-corrected chi connectivity index (χ2v) is 7.13. The lowest BCUT2D eigenvalue weighted by molar-refractivity contribution is -0.121. The molecule has 2 heterocycles. The number of hydrogen-bond donors (Lipinski definition) is 1. The van der Waals surface area contributed by atoms with Crippen LogP contribution in [0.1, 0.15) is 43.4 Å². The van der Waals surface area contributed by atoms with E-state index in [2.05, 4.69) is 40.4 Å². The van der Waals surface area contributed by atoms with Crippen LogP contribution in [-0.2, 0) is 16.0 Å². The van der Waals surface area contributed by atoms with Gasteiger partial charge in [-0.3, -0.25) is 9.69 Å². The average molecular weight is 345 g/mol. The molecule has 5 heteroatoms. The Labute approximate surface area is 151 Å². The van der Waals surface area contributed by atoms with Gasteiger partial charge in [0.1, 0.15) is 0 Å². The number of amides is 1. The van der Waals surface area contributed by atoms with Crippen molar-refractivity contribution >= 4 is 11.6 Å². The summed E-state index contributed by atoms with van der Waals surface area (Å²) < 4.78 is 5.52. The molecular weight excluding hydrogens is 314 g/mol. The lowest BCUT2D eigenvalue weighted by atomic mass is 9.95.